The third-order valence-corrected chi connectivity index (χ3v) is 3.41. The first-order valence-electron chi connectivity index (χ1n) is 6.52. The van der Waals surface area contributed by atoms with Gasteiger partial charge >= 0.3 is 5.97 Å². The van der Waals surface area contributed by atoms with E-state index in [0.29, 0.717) is 13.0 Å². The fraction of sp³-hybridized carbons (Fsp3) is 0.923. The Morgan fingerprint density at radius 3 is 1.79 bits per heavy atom. The van der Waals surface area contributed by atoms with Crippen molar-refractivity contribution in [3.05, 3.63) is 0 Å². The summed E-state index contributed by atoms with van der Waals surface area (Å²) in [7, 11) is 8.43. The van der Waals surface area contributed by atoms with E-state index in [1.807, 2.05) is 0 Å². The Labute approximate surface area is 153 Å². The second kappa shape index (κ2) is 11.5. The van der Waals surface area contributed by atoms with Crippen LogP contribution in [-0.2, 0) is 9.53 Å². The van der Waals surface area contributed by atoms with E-state index < -0.39 is 0 Å². The van der Waals surface area contributed by atoms with E-state index in [1.54, 1.807) is 0 Å². The van der Waals surface area contributed by atoms with Crippen LogP contribution in [0.15, 0.2) is 0 Å². The molecule has 0 N–H and O–H groups in total. The highest BCUT2D eigenvalue weighted by molar-refractivity contribution is 5.69. The number of carbonyl (C=O) groups is 1. The maximum atomic E-state index is 11.5. The lowest BCUT2D eigenvalue weighted by atomic mass is 10.3. The summed E-state index contributed by atoms with van der Waals surface area (Å²) < 4.78 is 7.03. The molecule has 0 amide bonds. The molecule has 0 aliphatic rings. The second-order valence-electron chi connectivity index (χ2n) is 5.96. The first-order chi connectivity index (χ1) is 7.72. The van der Waals surface area contributed by atoms with Gasteiger partial charge in [-0.25, -0.2) is 0 Å². The van der Waals surface area contributed by atoms with Crippen LogP contribution in [0.1, 0.15) is 20.3 Å². The van der Waals surface area contributed by atoms with Gasteiger partial charge in [0.1, 0.15) is 13.2 Å². The predicted octanol–water partition coefficient (Wildman–Crippen LogP) is -4.88. The average molecular weight is 500 g/mol. The van der Waals surface area contributed by atoms with E-state index in [2.05, 4.69) is 42.0 Å². The monoisotopic (exact) mass is 500 g/mol. The van der Waals surface area contributed by atoms with E-state index >= 15 is 0 Å². The summed E-state index contributed by atoms with van der Waals surface area (Å²) in [5.74, 6) is -0.0724. The standard InChI is InChI=1S/C13H30N2O2.2HI/c1-7-15(6,8-2)11-12-17-13(16)9-10-14(3,4)5;;/h7-12H2,1-6H3;2*1H/q+2;;/p-2. The molecule has 0 spiro atoms. The van der Waals surface area contributed by atoms with E-state index in [1.165, 1.54) is 0 Å². The molecule has 0 atom stereocenters. The molecule has 0 saturated carbocycles. The molecule has 0 radical (unpaired) electrons. The van der Waals surface area contributed by atoms with Crippen LogP contribution in [0.4, 0.5) is 0 Å². The molecule has 0 fully saturated rings. The van der Waals surface area contributed by atoms with Crippen molar-refractivity contribution in [1.29, 1.82) is 0 Å². The maximum Gasteiger partial charge on any atom is 0.311 e. The zero-order chi connectivity index (χ0) is 13.5. The minimum Gasteiger partial charge on any atom is -1.00 e. The van der Waals surface area contributed by atoms with Crippen LogP contribution >= 0.6 is 0 Å². The fourth-order valence-corrected chi connectivity index (χ4v) is 1.42. The topological polar surface area (TPSA) is 26.3 Å². The largest absolute Gasteiger partial charge is 1.00 e. The van der Waals surface area contributed by atoms with E-state index in [-0.39, 0.29) is 53.9 Å². The lowest BCUT2D eigenvalue weighted by Crippen LogP contribution is -3.00. The van der Waals surface area contributed by atoms with Gasteiger partial charge in [-0.05, 0) is 13.8 Å². The Morgan fingerprint density at radius 1 is 0.947 bits per heavy atom. The van der Waals surface area contributed by atoms with Crippen LogP contribution in [0.5, 0.6) is 0 Å². The summed E-state index contributed by atoms with van der Waals surface area (Å²) >= 11 is 0. The quantitative estimate of drug-likeness (QED) is 0.190. The number of halogens is 2. The van der Waals surface area contributed by atoms with Crippen molar-refractivity contribution in [2.75, 3.05) is 61.0 Å². The molecule has 0 aliphatic heterocycles. The van der Waals surface area contributed by atoms with Gasteiger partial charge in [-0.1, -0.05) is 0 Å². The fourth-order valence-electron chi connectivity index (χ4n) is 1.42. The highest BCUT2D eigenvalue weighted by Gasteiger charge is 2.17. The molecule has 118 valence electrons. The molecule has 0 aliphatic carbocycles. The van der Waals surface area contributed by atoms with Crippen molar-refractivity contribution in [2.45, 2.75) is 20.3 Å². The summed E-state index contributed by atoms with van der Waals surface area (Å²) in [5, 5.41) is 0. The maximum absolute atomic E-state index is 11.5. The van der Waals surface area contributed by atoms with Crippen LogP contribution < -0.4 is 48.0 Å². The summed E-state index contributed by atoms with van der Waals surface area (Å²) in [4.78, 5) is 11.5. The van der Waals surface area contributed by atoms with Gasteiger partial charge in [0.25, 0.3) is 0 Å². The SMILES string of the molecule is CC[N+](C)(CC)CCOC(=O)CC[N+](C)(C)C.[I-].[I-]. The number of esters is 1. The summed E-state index contributed by atoms with van der Waals surface area (Å²) in [6, 6.07) is 0. The first-order valence-corrected chi connectivity index (χ1v) is 6.52. The minimum absolute atomic E-state index is 0. The zero-order valence-electron chi connectivity index (χ0n) is 13.2. The Hall–Kier alpha value is 0.850. The second-order valence-corrected chi connectivity index (χ2v) is 5.96. The number of ether oxygens (including phenoxy) is 1. The lowest BCUT2D eigenvalue weighted by Gasteiger charge is -2.31. The van der Waals surface area contributed by atoms with Crippen LogP contribution in [0, 0.1) is 0 Å². The van der Waals surface area contributed by atoms with Gasteiger partial charge in [0.2, 0.25) is 0 Å². The number of hydrogen-bond donors (Lipinski definition) is 0. The van der Waals surface area contributed by atoms with Crippen molar-refractivity contribution in [2.24, 2.45) is 0 Å². The van der Waals surface area contributed by atoms with E-state index in [9.17, 15) is 4.79 Å². The third-order valence-electron chi connectivity index (χ3n) is 3.41. The molecule has 0 aromatic rings. The van der Waals surface area contributed by atoms with Crippen LogP contribution in [0.3, 0.4) is 0 Å². The molecule has 6 heteroatoms. The van der Waals surface area contributed by atoms with Crippen molar-refractivity contribution in [3.63, 3.8) is 0 Å². The van der Waals surface area contributed by atoms with Crippen molar-refractivity contribution in [3.8, 4) is 0 Å². The predicted molar refractivity (Wildman–Crippen MR) is 70.6 cm³/mol. The molecule has 19 heavy (non-hydrogen) atoms. The van der Waals surface area contributed by atoms with Gasteiger partial charge in [-0.2, -0.15) is 0 Å². The Balaban J connectivity index is -0.00000128. The first kappa shape index (κ1) is 24.8. The van der Waals surface area contributed by atoms with Gasteiger partial charge in [-0.3, -0.25) is 4.79 Å². The molecule has 0 aromatic heterocycles. The lowest BCUT2D eigenvalue weighted by molar-refractivity contribution is -0.906. The molecule has 0 unspecified atom stereocenters. The molecule has 4 nitrogen and oxygen atoms in total. The van der Waals surface area contributed by atoms with E-state index in [0.717, 1.165) is 35.1 Å². The number of nitrogens with zero attached hydrogens (tertiary/aromatic N) is 2. The summed E-state index contributed by atoms with van der Waals surface area (Å²) in [5.41, 5.74) is 0. The van der Waals surface area contributed by atoms with Crippen molar-refractivity contribution >= 4 is 5.97 Å². The van der Waals surface area contributed by atoms with Gasteiger partial charge in [0.05, 0.1) is 54.2 Å². The molecule has 0 saturated heterocycles. The number of rotatable bonds is 8. The zero-order valence-corrected chi connectivity index (χ0v) is 17.5. The van der Waals surface area contributed by atoms with Crippen molar-refractivity contribution in [1.82, 2.24) is 0 Å². The molecular formula is C13H30I2N2O2. The van der Waals surface area contributed by atoms with Crippen molar-refractivity contribution < 1.29 is 66.5 Å². The van der Waals surface area contributed by atoms with Gasteiger partial charge in [0.15, 0.2) is 0 Å². The number of quaternary nitrogens is 2. The van der Waals surface area contributed by atoms with E-state index in [4.69, 9.17) is 4.74 Å². The Bertz CT molecular complexity index is 239. The number of likely N-dealkylation sites (N-methyl/N-ethyl adjacent to an activating group) is 1. The normalized spacial score (nSPS) is 11.3. The Morgan fingerprint density at radius 2 is 1.42 bits per heavy atom. The minimum atomic E-state index is -0.0724. The van der Waals surface area contributed by atoms with Crippen LogP contribution in [0.2, 0.25) is 0 Å². The molecule has 0 aromatic carbocycles. The Kier molecular flexibility index (Phi) is 15.0. The van der Waals surface area contributed by atoms with Crippen LogP contribution in [-0.4, -0.2) is 75.9 Å². The summed E-state index contributed by atoms with van der Waals surface area (Å²) in [6.45, 7) is 8.76. The summed E-state index contributed by atoms with van der Waals surface area (Å²) in [6.07, 6.45) is 0.505. The number of carbonyl (C=O) groups excluding carboxylic acids is 1. The van der Waals surface area contributed by atoms with Crippen LogP contribution in [0.25, 0.3) is 0 Å². The van der Waals surface area contributed by atoms with Gasteiger partial charge in [-0.15, -0.1) is 0 Å². The highest BCUT2D eigenvalue weighted by atomic mass is 127. The molecular weight excluding hydrogens is 470 g/mol. The van der Waals surface area contributed by atoms with Gasteiger partial charge in [0, 0.05) is 0 Å². The third kappa shape index (κ3) is 13.6. The number of hydrogen-bond acceptors (Lipinski definition) is 2. The molecule has 0 rings (SSSR count). The molecule has 0 bridgehead atoms. The molecule has 0 heterocycles. The van der Waals surface area contributed by atoms with Gasteiger partial charge < -0.3 is 61.7 Å². The smallest absolute Gasteiger partial charge is 0.311 e. The average Bonchev–Trinajstić information content (AvgIpc) is 2.25. The highest BCUT2D eigenvalue weighted by Crippen LogP contribution is 2.01.